The number of likely N-dealkylation sites (N-methyl/N-ethyl adjacent to an activating group) is 1. The van der Waals surface area contributed by atoms with Crippen LogP contribution < -0.4 is 14.8 Å². The van der Waals surface area contributed by atoms with E-state index in [1.165, 1.54) is 17.0 Å². The van der Waals surface area contributed by atoms with E-state index in [9.17, 15) is 13.6 Å². The highest BCUT2D eigenvalue weighted by atomic mass is 32.1. The zero-order valence-corrected chi connectivity index (χ0v) is 12.7. The van der Waals surface area contributed by atoms with E-state index in [0.717, 1.165) is 0 Å². The molecule has 1 fully saturated rings. The first kappa shape index (κ1) is 16.2. The maximum Gasteiger partial charge on any atom is 0.387 e. The van der Waals surface area contributed by atoms with Crippen molar-refractivity contribution in [2.45, 2.75) is 13.5 Å². The number of hydrogen-bond acceptors (Lipinski definition) is 4. The maximum atomic E-state index is 12.3. The molecule has 0 bridgehead atoms. The lowest BCUT2D eigenvalue weighted by atomic mass is 10.1. The summed E-state index contributed by atoms with van der Waals surface area (Å²) >= 11 is 4.97. The third-order valence-corrected chi connectivity index (χ3v) is 3.25. The zero-order valence-electron chi connectivity index (χ0n) is 11.9. The Labute approximate surface area is 131 Å². The van der Waals surface area contributed by atoms with Gasteiger partial charge in [0, 0.05) is 7.05 Å². The minimum absolute atomic E-state index is 0.0580. The van der Waals surface area contributed by atoms with E-state index < -0.39 is 6.61 Å². The Balaban J connectivity index is 2.31. The molecule has 1 aromatic carbocycles. The largest absolute Gasteiger partial charge is 0.490 e. The van der Waals surface area contributed by atoms with Gasteiger partial charge >= 0.3 is 6.61 Å². The van der Waals surface area contributed by atoms with Crippen LogP contribution in [0.25, 0.3) is 6.08 Å². The summed E-state index contributed by atoms with van der Waals surface area (Å²) in [6.45, 7) is -0.913. The van der Waals surface area contributed by atoms with Crippen LogP contribution in [-0.4, -0.2) is 36.2 Å². The Morgan fingerprint density at radius 3 is 2.68 bits per heavy atom. The second-order valence-electron chi connectivity index (χ2n) is 4.37. The molecular weight excluding hydrogens is 314 g/mol. The van der Waals surface area contributed by atoms with E-state index in [1.54, 1.807) is 26.1 Å². The van der Waals surface area contributed by atoms with E-state index in [-0.39, 0.29) is 17.4 Å². The van der Waals surface area contributed by atoms with Crippen molar-refractivity contribution in [3.8, 4) is 11.5 Å². The predicted molar refractivity (Wildman–Crippen MR) is 80.7 cm³/mol. The molecule has 0 saturated carbocycles. The van der Waals surface area contributed by atoms with Gasteiger partial charge in [-0.3, -0.25) is 9.69 Å². The molecule has 1 aromatic rings. The van der Waals surface area contributed by atoms with Crippen LogP contribution in [0.1, 0.15) is 12.5 Å². The Bertz CT molecular complexity index is 635. The van der Waals surface area contributed by atoms with Gasteiger partial charge < -0.3 is 14.8 Å². The molecule has 8 heteroatoms. The average Bonchev–Trinajstić information content (AvgIpc) is 2.69. The molecule has 0 spiro atoms. The van der Waals surface area contributed by atoms with E-state index in [4.69, 9.17) is 17.0 Å². The molecule has 0 aromatic heterocycles. The van der Waals surface area contributed by atoms with Gasteiger partial charge in [0.2, 0.25) is 0 Å². The van der Waals surface area contributed by atoms with E-state index in [1.807, 2.05) is 0 Å². The van der Waals surface area contributed by atoms with Crippen LogP contribution in [0.15, 0.2) is 23.9 Å². The van der Waals surface area contributed by atoms with Gasteiger partial charge in [-0.2, -0.15) is 8.78 Å². The average molecular weight is 328 g/mol. The molecule has 0 radical (unpaired) electrons. The molecule has 2 rings (SSSR count). The van der Waals surface area contributed by atoms with Crippen molar-refractivity contribution in [3.05, 3.63) is 29.5 Å². The van der Waals surface area contributed by atoms with E-state index in [2.05, 4.69) is 10.1 Å². The minimum atomic E-state index is -2.94. The number of rotatable bonds is 5. The molecule has 0 aliphatic carbocycles. The number of amides is 1. The fourth-order valence-electron chi connectivity index (χ4n) is 1.87. The quantitative estimate of drug-likeness (QED) is 0.664. The number of halogens is 2. The lowest BCUT2D eigenvalue weighted by Gasteiger charge is -2.11. The maximum absolute atomic E-state index is 12.3. The normalized spacial score (nSPS) is 16.4. The fraction of sp³-hybridized carbons (Fsp3) is 0.286. The molecule has 1 saturated heterocycles. The second kappa shape index (κ2) is 6.69. The fourth-order valence-corrected chi connectivity index (χ4v) is 2.06. The summed E-state index contributed by atoms with van der Waals surface area (Å²) in [5.74, 6) is -0.147. The van der Waals surface area contributed by atoms with Crippen molar-refractivity contribution in [1.82, 2.24) is 10.2 Å². The number of carbonyl (C=O) groups is 1. The summed E-state index contributed by atoms with van der Waals surface area (Å²) in [5.41, 5.74) is 0.900. The van der Waals surface area contributed by atoms with Gasteiger partial charge in [0.05, 0.1) is 6.61 Å². The SMILES string of the molecule is CCOc1cc(/C=C2/NC(=S)N(C)C2=O)ccc1OC(F)F. The number of ether oxygens (including phenoxy) is 2. The van der Waals surface area contributed by atoms with Gasteiger partial charge in [0.15, 0.2) is 16.6 Å². The Hall–Kier alpha value is -2.22. The summed E-state index contributed by atoms with van der Waals surface area (Å²) in [4.78, 5) is 13.2. The third-order valence-electron chi connectivity index (χ3n) is 2.88. The first-order chi connectivity index (χ1) is 10.4. The summed E-state index contributed by atoms with van der Waals surface area (Å²) in [6.07, 6.45) is 1.56. The molecule has 118 valence electrons. The smallest absolute Gasteiger partial charge is 0.387 e. The second-order valence-corrected chi connectivity index (χ2v) is 4.76. The van der Waals surface area contributed by atoms with Crippen LogP contribution in [0, 0.1) is 0 Å². The Kier molecular flexibility index (Phi) is 4.92. The monoisotopic (exact) mass is 328 g/mol. The summed E-state index contributed by atoms with van der Waals surface area (Å²) in [6, 6.07) is 4.43. The summed E-state index contributed by atoms with van der Waals surface area (Å²) in [7, 11) is 1.56. The van der Waals surface area contributed by atoms with Crippen molar-refractivity contribution in [2.75, 3.05) is 13.7 Å². The molecule has 22 heavy (non-hydrogen) atoms. The van der Waals surface area contributed by atoms with Gasteiger partial charge in [-0.1, -0.05) is 6.07 Å². The Morgan fingerprint density at radius 2 is 2.14 bits per heavy atom. The molecular formula is C14H14F2N2O3S. The van der Waals surface area contributed by atoms with Gasteiger partial charge in [-0.25, -0.2) is 0 Å². The zero-order chi connectivity index (χ0) is 16.3. The topological polar surface area (TPSA) is 50.8 Å². The van der Waals surface area contributed by atoms with Crippen molar-refractivity contribution in [2.24, 2.45) is 0 Å². The number of nitrogens with zero attached hydrogens (tertiary/aromatic N) is 1. The van der Waals surface area contributed by atoms with Crippen molar-refractivity contribution in [1.29, 1.82) is 0 Å². The number of hydrogen-bond donors (Lipinski definition) is 1. The number of carbonyl (C=O) groups excluding carboxylic acids is 1. The molecule has 1 heterocycles. The summed E-state index contributed by atoms with van der Waals surface area (Å²) in [5, 5.41) is 3.08. The van der Waals surface area contributed by atoms with Gasteiger partial charge in [0.25, 0.3) is 5.91 Å². The molecule has 1 N–H and O–H groups in total. The van der Waals surface area contributed by atoms with Gasteiger partial charge in [-0.05, 0) is 42.9 Å². The highest BCUT2D eigenvalue weighted by Gasteiger charge is 2.27. The van der Waals surface area contributed by atoms with Crippen molar-refractivity contribution >= 4 is 29.3 Å². The lowest BCUT2D eigenvalue weighted by molar-refractivity contribution is -0.121. The van der Waals surface area contributed by atoms with Crippen LogP contribution in [0.3, 0.4) is 0 Å². The molecule has 0 atom stereocenters. The number of alkyl halides is 2. The van der Waals surface area contributed by atoms with Crippen LogP contribution in [-0.2, 0) is 4.79 Å². The minimum Gasteiger partial charge on any atom is -0.490 e. The molecule has 0 unspecified atom stereocenters. The Morgan fingerprint density at radius 1 is 1.41 bits per heavy atom. The van der Waals surface area contributed by atoms with Crippen molar-refractivity contribution < 1.29 is 23.0 Å². The van der Waals surface area contributed by atoms with Crippen LogP contribution >= 0.6 is 12.2 Å². The molecule has 1 aliphatic rings. The molecule has 5 nitrogen and oxygen atoms in total. The number of benzene rings is 1. The van der Waals surface area contributed by atoms with Crippen LogP contribution in [0.4, 0.5) is 8.78 Å². The predicted octanol–water partition coefficient (Wildman–Crippen LogP) is 2.37. The van der Waals surface area contributed by atoms with Crippen LogP contribution in [0.2, 0.25) is 0 Å². The van der Waals surface area contributed by atoms with E-state index >= 15 is 0 Å². The summed E-state index contributed by atoms with van der Waals surface area (Å²) < 4.78 is 34.4. The third kappa shape index (κ3) is 3.51. The number of nitrogens with one attached hydrogen (secondary N) is 1. The first-order valence-electron chi connectivity index (χ1n) is 6.44. The number of thiocarbonyl (C=S) groups is 1. The lowest BCUT2D eigenvalue weighted by Crippen LogP contribution is -2.25. The van der Waals surface area contributed by atoms with Crippen molar-refractivity contribution in [3.63, 3.8) is 0 Å². The van der Waals surface area contributed by atoms with E-state index in [0.29, 0.717) is 23.0 Å². The van der Waals surface area contributed by atoms with Crippen LogP contribution in [0.5, 0.6) is 11.5 Å². The van der Waals surface area contributed by atoms with Gasteiger partial charge in [0.1, 0.15) is 5.70 Å². The first-order valence-corrected chi connectivity index (χ1v) is 6.85. The highest BCUT2D eigenvalue weighted by molar-refractivity contribution is 7.80. The molecule has 1 amide bonds. The molecule has 1 aliphatic heterocycles. The van der Waals surface area contributed by atoms with Gasteiger partial charge in [-0.15, -0.1) is 0 Å². The highest BCUT2D eigenvalue weighted by Crippen LogP contribution is 2.30. The standard InChI is InChI=1S/C14H14F2N2O3S/c1-3-20-11-7-8(4-5-10(11)21-13(15)16)6-9-12(19)18(2)14(22)17-9/h4-7,13H,3H2,1-2H3,(H,17,22)/b9-6+.